The second kappa shape index (κ2) is 2.36. The van der Waals surface area contributed by atoms with Gasteiger partial charge in [-0.15, -0.1) is 0 Å². The molecule has 1 fully saturated rings. The Morgan fingerprint density at radius 3 is 2.30 bits per heavy atom. The van der Waals surface area contributed by atoms with E-state index in [0.717, 1.165) is 0 Å². The van der Waals surface area contributed by atoms with Crippen LogP contribution in [0, 0.1) is 5.92 Å². The highest BCUT2D eigenvalue weighted by Gasteiger charge is 2.34. The molecule has 0 saturated heterocycles. The molecule has 1 atom stereocenters. The van der Waals surface area contributed by atoms with Crippen molar-refractivity contribution in [2.45, 2.75) is 12.8 Å². The minimum absolute atomic E-state index is 0.201. The highest BCUT2D eigenvalue weighted by atomic mass is 19.3. The van der Waals surface area contributed by atoms with Crippen LogP contribution in [0.3, 0.4) is 0 Å². The Balaban J connectivity index is 2.69. The maximum absolute atomic E-state index is 11.7. The number of halogens is 2. The monoisotopic (exact) mass is 148 g/mol. The van der Waals surface area contributed by atoms with Gasteiger partial charge in [0.1, 0.15) is 0 Å². The molecule has 0 spiro atoms. The molecule has 0 amide bonds. The first kappa shape index (κ1) is 7.18. The van der Waals surface area contributed by atoms with Crippen molar-refractivity contribution in [3.63, 3.8) is 0 Å². The van der Waals surface area contributed by atoms with Gasteiger partial charge in [0.2, 0.25) is 0 Å². The van der Waals surface area contributed by atoms with Gasteiger partial charge < -0.3 is 5.11 Å². The summed E-state index contributed by atoms with van der Waals surface area (Å²) in [5, 5.41) is 8.29. The van der Waals surface area contributed by atoms with Gasteiger partial charge in [-0.05, 0) is 12.8 Å². The number of carboxylic acids is 1. The van der Waals surface area contributed by atoms with E-state index in [1.54, 1.807) is 0 Å². The normalized spacial score (nSPS) is 23.8. The summed E-state index contributed by atoms with van der Waals surface area (Å²) in [5.74, 6) is -2.06. The number of hydrogen-bond acceptors (Lipinski definition) is 1. The van der Waals surface area contributed by atoms with E-state index >= 15 is 0 Å². The van der Waals surface area contributed by atoms with E-state index in [9.17, 15) is 13.6 Å². The van der Waals surface area contributed by atoms with Crippen LogP contribution in [-0.4, -0.2) is 11.1 Å². The van der Waals surface area contributed by atoms with Crippen molar-refractivity contribution >= 4 is 5.97 Å². The Labute approximate surface area is 56.2 Å². The molecule has 0 aromatic heterocycles. The summed E-state index contributed by atoms with van der Waals surface area (Å²) < 4.78 is 23.4. The second-order valence-electron chi connectivity index (χ2n) is 2.22. The van der Waals surface area contributed by atoms with Crippen molar-refractivity contribution in [2.75, 3.05) is 0 Å². The van der Waals surface area contributed by atoms with Crippen LogP contribution in [0.25, 0.3) is 0 Å². The zero-order valence-electron chi connectivity index (χ0n) is 5.10. The van der Waals surface area contributed by atoms with Crippen LogP contribution in [0.1, 0.15) is 12.8 Å². The molecule has 1 rings (SSSR count). The maximum Gasteiger partial charge on any atom is 0.310 e. The molecule has 0 aromatic rings. The molecule has 1 unspecified atom stereocenters. The molecule has 0 radical (unpaired) electrons. The number of hydrogen-bond donors (Lipinski definition) is 1. The van der Waals surface area contributed by atoms with E-state index in [2.05, 4.69) is 0 Å². The van der Waals surface area contributed by atoms with Crippen LogP contribution in [-0.2, 0) is 4.79 Å². The lowest BCUT2D eigenvalue weighted by Gasteiger charge is -2.24. The number of carboxylic acid groups (broad SMARTS) is 1. The smallest absolute Gasteiger partial charge is 0.310 e. The molecular formula is C6H6F2O2. The lowest BCUT2D eigenvalue weighted by Crippen LogP contribution is -2.25. The molecule has 1 saturated carbocycles. The van der Waals surface area contributed by atoms with Crippen molar-refractivity contribution in [1.29, 1.82) is 0 Å². The van der Waals surface area contributed by atoms with Crippen molar-refractivity contribution in [3.8, 4) is 0 Å². The van der Waals surface area contributed by atoms with E-state index < -0.39 is 18.0 Å². The third-order valence-corrected chi connectivity index (χ3v) is 1.66. The molecule has 2 nitrogen and oxygen atoms in total. The highest BCUT2D eigenvalue weighted by molar-refractivity contribution is 5.75. The van der Waals surface area contributed by atoms with Crippen molar-refractivity contribution in [3.05, 3.63) is 11.7 Å². The van der Waals surface area contributed by atoms with Crippen LogP contribution in [0.5, 0.6) is 0 Å². The summed E-state index contributed by atoms with van der Waals surface area (Å²) in [7, 11) is 0. The molecular weight excluding hydrogens is 142 g/mol. The third-order valence-electron chi connectivity index (χ3n) is 1.66. The van der Waals surface area contributed by atoms with E-state index in [-0.39, 0.29) is 12.0 Å². The second-order valence-corrected chi connectivity index (χ2v) is 2.22. The Hall–Kier alpha value is -0.930. The fourth-order valence-electron chi connectivity index (χ4n) is 0.932. The molecule has 0 aromatic carbocycles. The summed E-state index contributed by atoms with van der Waals surface area (Å²) in [6.07, 6.45) is -1.24. The first-order chi connectivity index (χ1) is 4.63. The third kappa shape index (κ3) is 1.01. The zero-order valence-corrected chi connectivity index (χ0v) is 5.10. The van der Waals surface area contributed by atoms with Gasteiger partial charge in [0.25, 0.3) is 6.08 Å². The van der Waals surface area contributed by atoms with E-state index in [1.165, 1.54) is 0 Å². The fraction of sp³-hybridized carbons (Fsp3) is 0.500. The van der Waals surface area contributed by atoms with Gasteiger partial charge in [-0.25, -0.2) is 0 Å². The zero-order chi connectivity index (χ0) is 7.72. The molecule has 0 bridgehead atoms. The average molecular weight is 148 g/mol. The fourth-order valence-corrected chi connectivity index (χ4v) is 0.932. The molecule has 4 heteroatoms. The lowest BCUT2D eigenvalue weighted by molar-refractivity contribution is -0.142. The summed E-state index contributed by atoms with van der Waals surface area (Å²) in [6, 6.07) is 0. The van der Waals surface area contributed by atoms with Crippen LogP contribution < -0.4 is 0 Å². The van der Waals surface area contributed by atoms with E-state index in [4.69, 9.17) is 5.11 Å². The molecule has 0 aliphatic heterocycles. The average Bonchev–Trinajstić information content (AvgIpc) is 1.56. The number of aliphatic carboxylic acids is 1. The summed E-state index contributed by atoms with van der Waals surface area (Å²) >= 11 is 0. The minimum atomic E-state index is -1.82. The van der Waals surface area contributed by atoms with Gasteiger partial charge in [-0.2, -0.15) is 8.78 Å². The quantitative estimate of drug-likeness (QED) is 0.613. The topological polar surface area (TPSA) is 37.3 Å². The van der Waals surface area contributed by atoms with Crippen LogP contribution in [0.2, 0.25) is 0 Å². The largest absolute Gasteiger partial charge is 0.481 e. The van der Waals surface area contributed by atoms with Gasteiger partial charge in [0.05, 0.1) is 5.92 Å². The summed E-state index contributed by atoms with van der Waals surface area (Å²) in [6.45, 7) is 0. The predicted molar refractivity (Wildman–Crippen MR) is 29.6 cm³/mol. The van der Waals surface area contributed by atoms with Crippen molar-refractivity contribution in [1.82, 2.24) is 0 Å². The Bertz CT molecular complexity index is 194. The van der Waals surface area contributed by atoms with Crippen molar-refractivity contribution < 1.29 is 18.7 Å². The molecule has 1 aliphatic rings. The highest BCUT2D eigenvalue weighted by Crippen LogP contribution is 2.36. The molecule has 1 N–H and O–H groups in total. The van der Waals surface area contributed by atoms with E-state index in [0.29, 0.717) is 6.42 Å². The van der Waals surface area contributed by atoms with Gasteiger partial charge in [-0.3, -0.25) is 4.79 Å². The van der Waals surface area contributed by atoms with Crippen LogP contribution in [0.15, 0.2) is 11.7 Å². The summed E-state index contributed by atoms with van der Waals surface area (Å²) in [4.78, 5) is 10.1. The molecule has 56 valence electrons. The lowest BCUT2D eigenvalue weighted by atomic mass is 9.80. The Morgan fingerprint density at radius 1 is 1.60 bits per heavy atom. The minimum Gasteiger partial charge on any atom is -0.481 e. The molecule has 10 heavy (non-hydrogen) atoms. The van der Waals surface area contributed by atoms with Gasteiger partial charge >= 0.3 is 5.97 Å². The molecule has 0 heterocycles. The first-order valence-electron chi connectivity index (χ1n) is 2.89. The van der Waals surface area contributed by atoms with Crippen molar-refractivity contribution in [2.24, 2.45) is 5.92 Å². The first-order valence-corrected chi connectivity index (χ1v) is 2.89. The summed E-state index contributed by atoms with van der Waals surface area (Å²) in [5.41, 5.74) is -0.201. The predicted octanol–water partition coefficient (Wildman–Crippen LogP) is 1.63. The van der Waals surface area contributed by atoms with Gasteiger partial charge in [0.15, 0.2) is 0 Å². The maximum atomic E-state index is 11.7. The van der Waals surface area contributed by atoms with Gasteiger partial charge in [-0.1, -0.05) is 0 Å². The standard InChI is InChI=1S/C6H6F2O2/c7-5(8)3-1-2-4(3)6(9)10/h4H,1-2H2,(H,9,10). The SMILES string of the molecule is O=C(O)C1CCC1=C(F)F. The number of carbonyl (C=O) groups is 1. The Kier molecular flexibility index (Phi) is 1.70. The van der Waals surface area contributed by atoms with Crippen LogP contribution >= 0.6 is 0 Å². The van der Waals surface area contributed by atoms with Crippen LogP contribution in [0.4, 0.5) is 8.78 Å². The molecule has 1 aliphatic carbocycles. The van der Waals surface area contributed by atoms with Gasteiger partial charge in [0, 0.05) is 5.57 Å². The van der Waals surface area contributed by atoms with E-state index in [1.807, 2.05) is 0 Å². The number of rotatable bonds is 1. The Morgan fingerprint density at radius 2 is 2.20 bits per heavy atom.